The van der Waals surface area contributed by atoms with Gasteiger partial charge in [0.15, 0.2) is 0 Å². The monoisotopic (exact) mass is 255 g/mol. The Bertz CT molecular complexity index is 614. The summed E-state index contributed by atoms with van der Waals surface area (Å²) in [5, 5.41) is 0. The highest BCUT2D eigenvalue weighted by Crippen LogP contribution is 2.14. The highest BCUT2D eigenvalue weighted by atomic mass is 79.9. The molecule has 0 aliphatic carbocycles. The third kappa shape index (κ3) is 1.27. The first kappa shape index (κ1) is 9.14. The van der Waals surface area contributed by atoms with Crippen LogP contribution in [-0.4, -0.2) is 14.4 Å². The van der Waals surface area contributed by atoms with Crippen LogP contribution in [-0.2, 0) is 0 Å². The van der Waals surface area contributed by atoms with Gasteiger partial charge in [-0.25, -0.2) is 14.0 Å². The van der Waals surface area contributed by atoms with Crippen LogP contribution >= 0.6 is 15.9 Å². The minimum atomic E-state index is -0.628. The number of aryl methyl sites for hydroxylation is 1. The number of pyridine rings is 1. The molecule has 2 heterocycles. The lowest BCUT2D eigenvalue weighted by molar-refractivity contribution is 0.874. The van der Waals surface area contributed by atoms with E-state index in [1.165, 1.54) is 4.40 Å². The van der Waals surface area contributed by atoms with Gasteiger partial charge in [-0.3, -0.25) is 4.98 Å². The molecule has 2 aromatic heterocycles. The maximum atomic E-state index is 11.4. The van der Waals surface area contributed by atoms with Crippen LogP contribution in [0, 0.1) is 6.92 Å². The lowest BCUT2D eigenvalue weighted by atomic mass is 10.4. The Morgan fingerprint density at radius 3 is 2.86 bits per heavy atom. The molecule has 0 aliphatic rings. The minimum Gasteiger partial charge on any atom is -0.257 e. The second-order valence-electron chi connectivity index (χ2n) is 2.81. The van der Waals surface area contributed by atoms with Gasteiger partial charge in [0.2, 0.25) is 0 Å². The standard InChI is InChI=1S/C8H6BrN3O2/c1-4-5(9)2-3-6-10-7(13)11-8(14)12(4)6/h2-3H,1H3,(H,11,13,14). The average molecular weight is 256 g/mol. The van der Waals surface area contributed by atoms with Gasteiger partial charge in [0, 0.05) is 10.2 Å². The second-order valence-corrected chi connectivity index (χ2v) is 3.66. The summed E-state index contributed by atoms with van der Waals surface area (Å²) in [4.78, 5) is 28.1. The van der Waals surface area contributed by atoms with Crippen LogP contribution in [0.25, 0.3) is 5.65 Å². The summed E-state index contributed by atoms with van der Waals surface area (Å²) >= 11 is 3.29. The number of halogens is 1. The smallest absolute Gasteiger partial charge is 0.257 e. The van der Waals surface area contributed by atoms with Crippen molar-refractivity contribution in [3.8, 4) is 0 Å². The van der Waals surface area contributed by atoms with E-state index in [0.717, 1.165) is 4.47 Å². The molecule has 14 heavy (non-hydrogen) atoms. The fourth-order valence-electron chi connectivity index (χ4n) is 1.24. The summed E-state index contributed by atoms with van der Waals surface area (Å²) in [6.45, 7) is 1.76. The fourth-order valence-corrected chi connectivity index (χ4v) is 1.55. The number of hydrogen-bond donors (Lipinski definition) is 1. The molecule has 5 nitrogen and oxygen atoms in total. The maximum Gasteiger partial charge on any atom is 0.351 e. The molecule has 0 saturated heterocycles. The molecule has 0 amide bonds. The number of aromatic nitrogens is 3. The van der Waals surface area contributed by atoms with Crippen molar-refractivity contribution in [2.75, 3.05) is 0 Å². The molecule has 0 radical (unpaired) electrons. The Balaban J connectivity index is 3.11. The molecule has 0 aliphatic heterocycles. The van der Waals surface area contributed by atoms with E-state index in [1.54, 1.807) is 19.1 Å². The summed E-state index contributed by atoms with van der Waals surface area (Å²) in [5.74, 6) is 0. The summed E-state index contributed by atoms with van der Waals surface area (Å²) in [5.41, 5.74) is -0.0498. The van der Waals surface area contributed by atoms with Crippen molar-refractivity contribution >= 4 is 21.6 Å². The molecule has 0 atom stereocenters. The molecule has 1 N–H and O–H groups in total. The van der Waals surface area contributed by atoms with Crippen LogP contribution < -0.4 is 11.4 Å². The zero-order chi connectivity index (χ0) is 10.3. The van der Waals surface area contributed by atoms with Gasteiger partial charge < -0.3 is 0 Å². The quantitative estimate of drug-likeness (QED) is 0.744. The van der Waals surface area contributed by atoms with Crippen molar-refractivity contribution in [2.45, 2.75) is 6.92 Å². The third-order valence-corrected chi connectivity index (χ3v) is 2.76. The fraction of sp³-hybridized carbons (Fsp3) is 0.125. The lowest BCUT2D eigenvalue weighted by Crippen LogP contribution is -2.29. The Morgan fingerprint density at radius 2 is 2.14 bits per heavy atom. The van der Waals surface area contributed by atoms with E-state index in [2.05, 4.69) is 25.9 Å². The molecule has 0 aromatic carbocycles. The molecule has 72 valence electrons. The minimum absolute atomic E-state index is 0.347. The van der Waals surface area contributed by atoms with E-state index in [0.29, 0.717) is 11.3 Å². The SMILES string of the molecule is Cc1c(Br)ccc2nc(=O)[nH]c(=O)n12. The number of hydrogen-bond acceptors (Lipinski definition) is 3. The predicted octanol–water partition coefficient (Wildman–Crippen LogP) is 0.454. The van der Waals surface area contributed by atoms with Crippen LogP contribution in [0.2, 0.25) is 0 Å². The van der Waals surface area contributed by atoms with Crippen molar-refractivity contribution in [1.29, 1.82) is 0 Å². The van der Waals surface area contributed by atoms with Crippen LogP contribution in [0.15, 0.2) is 26.2 Å². The van der Waals surface area contributed by atoms with E-state index >= 15 is 0 Å². The molecule has 0 unspecified atom stereocenters. The summed E-state index contributed by atoms with van der Waals surface area (Å²) < 4.78 is 2.13. The largest absolute Gasteiger partial charge is 0.351 e. The highest BCUT2D eigenvalue weighted by Gasteiger charge is 2.04. The van der Waals surface area contributed by atoms with Crippen LogP contribution in [0.5, 0.6) is 0 Å². The van der Waals surface area contributed by atoms with Crippen LogP contribution in [0.4, 0.5) is 0 Å². The molecule has 2 rings (SSSR count). The average Bonchev–Trinajstić information content (AvgIpc) is 2.10. The molecular formula is C8H6BrN3O2. The Morgan fingerprint density at radius 1 is 1.43 bits per heavy atom. The van der Waals surface area contributed by atoms with Crippen molar-refractivity contribution < 1.29 is 0 Å². The van der Waals surface area contributed by atoms with E-state index < -0.39 is 11.4 Å². The molecular weight excluding hydrogens is 250 g/mol. The Kier molecular flexibility index (Phi) is 1.99. The molecule has 0 fully saturated rings. The molecule has 0 bridgehead atoms. The number of aromatic amines is 1. The van der Waals surface area contributed by atoms with Gasteiger partial charge in [0.25, 0.3) is 0 Å². The lowest BCUT2D eigenvalue weighted by Gasteiger charge is -2.03. The second kappa shape index (κ2) is 3.06. The zero-order valence-electron chi connectivity index (χ0n) is 7.24. The van der Waals surface area contributed by atoms with Gasteiger partial charge in [-0.1, -0.05) is 0 Å². The number of rotatable bonds is 0. The summed E-state index contributed by atoms with van der Waals surface area (Å²) in [6, 6.07) is 3.35. The first-order valence-electron chi connectivity index (χ1n) is 3.88. The van der Waals surface area contributed by atoms with Gasteiger partial charge in [-0.2, -0.15) is 4.98 Å². The summed E-state index contributed by atoms with van der Waals surface area (Å²) in [6.07, 6.45) is 0. The number of nitrogens with zero attached hydrogens (tertiary/aromatic N) is 2. The first-order valence-corrected chi connectivity index (χ1v) is 4.67. The molecule has 6 heteroatoms. The van der Waals surface area contributed by atoms with Gasteiger partial charge in [-0.05, 0) is 35.0 Å². The topological polar surface area (TPSA) is 67.2 Å². The van der Waals surface area contributed by atoms with E-state index in [1.807, 2.05) is 0 Å². The highest BCUT2D eigenvalue weighted by molar-refractivity contribution is 9.10. The zero-order valence-corrected chi connectivity index (χ0v) is 8.83. The van der Waals surface area contributed by atoms with Gasteiger partial charge in [0.05, 0.1) is 0 Å². The Hall–Kier alpha value is -1.43. The normalized spacial score (nSPS) is 10.7. The van der Waals surface area contributed by atoms with Crippen molar-refractivity contribution in [1.82, 2.24) is 14.4 Å². The molecule has 0 saturated carbocycles. The Labute approximate surface area is 86.6 Å². The van der Waals surface area contributed by atoms with Crippen molar-refractivity contribution in [2.24, 2.45) is 0 Å². The van der Waals surface area contributed by atoms with Gasteiger partial charge in [0.1, 0.15) is 5.65 Å². The van der Waals surface area contributed by atoms with Crippen molar-refractivity contribution in [3.63, 3.8) is 0 Å². The van der Waals surface area contributed by atoms with Gasteiger partial charge in [-0.15, -0.1) is 0 Å². The molecule has 2 aromatic rings. The van der Waals surface area contributed by atoms with Crippen LogP contribution in [0.3, 0.4) is 0 Å². The predicted molar refractivity (Wildman–Crippen MR) is 54.5 cm³/mol. The van der Waals surface area contributed by atoms with E-state index in [4.69, 9.17) is 0 Å². The van der Waals surface area contributed by atoms with Crippen LogP contribution in [0.1, 0.15) is 5.69 Å². The van der Waals surface area contributed by atoms with Gasteiger partial charge >= 0.3 is 11.4 Å². The number of H-pyrrole nitrogens is 1. The van der Waals surface area contributed by atoms with E-state index in [-0.39, 0.29) is 0 Å². The van der Waals surface area contributed by atoms with E-state index in [9.17, 15) is 9.59 Å². The number of fused-ring (bicyclic) bond motifs is 1. The van der Waals surface area contributed by atoms with Crippen molar-refractivity contribution in [3.05, 3.63) is 43.3 Å². The molecule has 0 spiro atoms. The third-order valence-electron chi connectivity index (χ3n) is 1.92. The summed E-state index contributed by atoms with van der Waals surface area (Å²) in [7, 11) is 0. The first-order chi connectivity index (χ1) is 6.59. The maximum absolute atomic E-state index is 11.4. The number of nitrogens with one attached hydrogen (secondary N) is 1.